The first-order chi connectivity index (χ1) is 9.83. The van der Waals surface area contributed by atoms with Gasteiger partial charge in [0, 0.05) is 24.7 Å². The zero-order valence-corrected chi connectivity index (χ0v) is 12.2. The summed E-state index contributed by atoms with van der Waals surface area (Å²) in [6.07, 6.45) is 2.59. The second-order valence-electron chi connectivity index (χ2n) is 5.19. The van der Waals surface area contributed by atoms with E-state index in [4.69, 9.17) is 11.6 Å². The Morgan fingerprint density at radius 3 is 2.60 bits per heavy atom. The van der Waals surface area contributed by atoms with Gasteiger partial charge in [0.25, 0.3) is 0 Å². The van der Waals surface area contributed by atoms with Crippen molar-refractivity contribution >= 4 is 23.0 Å². The van der Waals surface area contributed by atoms with Crippen LogP contribution in [0.3, 0.4) is 0 Å². The quantitative estimate of drug-likeness (QED) is 0.887. The van der Waals surface area contributed by atoms with E-state index in [9.17, 15) is 0 Å². The van der Waals surface area contributed by atoms with Crippen molar-refractivity contribution in [2.24, 2.45) is 0 Å². The Morgan fingerprint density at radius 1 is 1.00 bits per heavy atom. The van der Waals surface area contributed by atoms with Gasteiger partial charge in [-0.05, 0) is 42.7 Å². The number of halogens is 1. The van der Waals surface area contributed by atoms with Crippen molar-refractivity contribution in [1.82, 2.24) is 0 Å². The van der Waals surface area contributed by atoms with Crippen LogP contribution in [0.5, 0.6) is 0 Å². The second kappa shape index (κ2) is 6.19. The van der Waals surface area contributed by atoms with Gasteiger partial charge < -0.3 is 10.2 Å². The Kier molecular flexibility index (Phi) is 4.12. The van der Waals surface area contributed by atoms with Gasteiger partial charge in [0.05, 0.1) is 11.4 Å². The average molecular weight is 287 g/mol. The molecule has 2 aromatic carbocycles. The molecule has 1 aliphatic heterocycles. The molecule has 1 aliphatic rings. The molecule has 0 aliphatic carbocycles. The summed E-state index contributed by atoms with van der Waals surface area (Å²) < 4.78 is 0. The van der Waals surface area contributed by atoms with E-state index in [2.05, 4.69) is 40.5 Å². The summed E-state index contributed by atoms with van der Waals surface area (Å²) in [5.74, 6) is 0. The molecule has 20 heavy (non-hydrogen) atoms. The van der Waals surface area contributed by atoms with Crippen molar-refractivity contribution in [2.45, 2.75) is 19.4 Å². The molecule has 3 rings (SSSR count). The van der Waals surface area contributed by atoms with Crippen molar-refractivity contribution in [3.63, 3.8) is 0 Å². The fourth-order valence-electron chi connectivity index (χ4n) is 2.70. The van der Waals surface area contributed by atoms with Gasteiger partial charge in [-0.3, -0.25) is 0 Å². The number of benzene rings is 2. The summed E-state index contributed by atoms with van der Waals surface area (Å²) in [5, 5.41) is 4.32. The SMILES string of the molecule is Clc1cccc(CNc2ccccc2N2CCCC2)c1. The fourth-order valence-corrected chi connectivity index (χ4v) is 2.91. The predicted octanol–water partition coefficient (Wildman–Crippen LogP) is 4.55. The van der Waals surface area contributed by atoms with Crippen LogP contribution in [0.15, 0.2) is 48.5 Å². The number of para-hydroxylation sites is 2. The van der Waals surface area contributed by atoms with Crippen LogP contribution in [0, 0.1) is 0 Å². The highest BCUT2D eigenvalue weighted by atomic mass is 35.5. The Hall–Kier alpha value is -1.67. The number of hydrogen-bond acceptors (Lipinski definition) is 2. The zero-order valence-electron chi connectivity index (χ0n) is 11.5. The maximum Gasteiger partial charge on any atom is 0.0602 e. The third kappa shape index (κ3) is 3.07. The minimum atomic E-state index is 0.789. The highest BCUT2D eigenvalue weighted by Crippen LogP contribution is 2.29. The van der Waals surface area contributed by atoms with E-state index in [1.54, 1.807) is 0 Å². The molecule has 1 heterocycles. The number of hydrogen-bond donors (Lipinski definition) is 1. The third-order valence-corrected chi connectivity index (χ3v) is 3.96. The van der Waals surface area contributed by atoms with Gasteiger partial charge in [0.1, 0.15) is 0 Å². The summed E-state index contributed by atoms with van der Waals surface area (Å²) in [5.41, 5.74) is 3.72. The molecule has 3 heteroatoms. The molecule has 1 saturated heterocycles. The van der Waals surface area contributed by atoms with Gasteiger partial charge in [-0.1, -0.05) is 35.9 Å². The van der Waals surface area contributed by atoms with Gasteiger partial charge in [0.15, 0.2) is 0 Å². The highest BCUT2D eigenvalue weighted by molar-refractivity contribution is 6.30. The lowest BCUT2D eigenvalue weighted by molar-refractivity contribution is 0.949. The normalized spacial score (nSPS) is 14.6. The smallest absolute Gasteiger partial charge is 0.0602 e. The predicted molar refractivity (Wildman–Crippen MR) is 86.7 cm³/mol. The Balaban J connectivity index is 1.74. The maximum atomic E-state index is 6.03. The van der Waals surface area contributed by atoms with E-state index in [0.717, 1.165) is 24.7 Å². The molecule has 1 fully saturated rings. The van der Waals surface area contributed by atoms with Gasteiger partial charge in [0.2, 0.25) is 0 Å². The van der Waals surface area contributed by atoms with Crippen LogP contribution in [-0.4, -0.2) is 13.1 Å². The summed E-state index contributed by atoms with van der Waals surface area (Å²) in [6, 6.07) is 16.5. The molecular weight excluding hydrogens is 268 g/mol. The van der Waals surface area contributed by atoms with Crippen LogP contribution < -0.4 is 10.2 Å². The molecule has 104 valence electrons. The number of anilines is 2. The van der Waals surface area contributed by atoms with E-state index < -0.39 is 0 Å². The van der Waals surface area contributed by atoms with Gasteiger partial charge in [-0.25, -0.2) is 0 Å². The number of nitrogens with zero attached hydrogens (tertiary/aromatic N) is 1. The van der Waals surface area contributed by atoms with Crippen molar-refractivity contribution < 1.29 is 0 Å². The van der Waals surface area contributed by atoms with Crippen molar-refractivity contribution in [3.05, 3.63) is 59.1 Å². The maximum absolute atomic E-state index is 6.03. The van der Waals surface area contributed by atoms with Crippen LogP contribution in [0.4, 0.5) is 11.4 Å². The van der Waals surface area contributed by atoms with Crippen LogP contribution in [0.2, 0.25) is 5.02 Å². The molecule has 0 bridgehead atoms. The molecule has 1 N–H and O–H groups in total. The lowest BCUT2D eigenvalue weighted by atomic mass is 10.2. The van der Waals surface area contributed by atoms with Crippen molar-refractivity contribution in [3.8, 4) is 0 Å². The largest absolute Gasteiger partial charge is 0.379 e. The van der Waals surface area contributed by atoms with Crippen LogP contribution in [0.25, 0.3) is 0 Å². The number of nitrogens with one attached hydrogen (secondary N) is 1. The lowest BCUT2D eigenvalue weighted by Gasteiger charge is -2.22. The minimum absolute atomic E-state index is 0.789. The van der Waals surface area contributed by atoms with Gasteiger partial charge in [-0.2, -0.15) is 0 Å². The third-order valence-electron chi connectivity index (χ3n) is 3.72. The standard InChI is InChI=1S/C17H19ClN2/c18-15-7-5-6-14(12-15)13-19-16-8-1-2-9-17(16)20-10-3-4-11-20/h1-2,5-9,12,19H,3-4,10-11,13H2. The number of rotatable bonds is 4. The van der Waals surface area contributed by atoms with Crippen molar-refractivity contribution in [2.75, 3.05) is 23.3 Å². The molecule has 0 amide bonds. The molecule has 2 nitrogen and oxygen atoms in total. The molecule has 0 aromatic heterocycles. The Labute approximate surface area is 125 Å². The monoisotopic (exact) mass is 286 g/mol. The topological polar surface area (TPSA) is 15.3 Å². The first kappa shape index (κ1) is 13.3. The second-order valence-corrected chi connectivity index (χ2v) is 5.63. The average Bonchev–Trinajstić information content (AvgIpc) is 3.00. The van der Waals surface area contributed by atoms with Crippen LogP contribution in [0.1, 0.15) is 18.4 Å². The summed E-state index contributed by atoms with van der Waals surface area (Å²) in [4.78, 5) is 2.46. The van der Waals surface area contributed by atoms with E-state index >= 15 is 0 Å². The molecule has 0 radical (unpaired) electrons. The van der Waals surface area contributed by atoms with E-state index in [1.165, 1.54) is 29.8 Å². The fraction of sp³-hybridized carbons (Fsp3) is 0.294. The molecule has 0 spiro atoms. The molecule has 0 atom stereocenters. The zero-order chi connectivity index (χ0) is 13.8. The lowest BCUT2D eigenvalue weighted by Crippen LogP contribution is -2.19. The van der Waals surface area contributed by atoms with E-state index in [-0.39, 0.29) is 0 Å². The first-order valence-corrected chi connectivity index (χ1v) is 7.53. The Bertz CT molecular complexity index is 577. The first-order valence-electron chi connectivity index (χ1n) is 7.15. The van der Waals surface area contributed by atoms with E-state index in [1.807, 2.05) is 18.2 Å². The van der Waals surface area contributed by atoms with E-state index in [0.29, 0.717) is 0 Å². The molecule has 0 unspecified atom stereocenters. The minimum Gasteiger partial charge on any atom is -0.379 e. The Morgan fingerprint density at radius 2 is 1.80 bits per heavy atom. The molecule has 0 saturated carbocycles. The summed E-state index contributed by atoms with van der Waals surface area (Å²) in [6.45, 7) is 3.12. The summed E-state index contributed by atoms with van der Waals surface area (Å²) >= 11 is 6.03. The van der Waals surface area contributed by atoms with Gasteiger partial charge >= 0.3 is 0 Å². The molecule has 2 aromatic rings. The highest BCUT2D eigenvalue weighted by Gasteiger charge is 2.14. The van der Waals surface area contributed by atoms with Crippen LogP contribution >= 0.6 is 11.6 Å². The van der Waals surface area contributed by atoms with Crippen molar-refractivity contribution in [1.29, 1.82) is 0 Å². The van der Waals surface area contributed by atoms with Crippen LogP contribution in [-0.2, 0) is 6.54 Å². The molecular formula is C17H19ClN2. The summed E-state index contributed by atoms with van der Waals surface area (Å²) in [7, 11) is 0. The van der Waals surface area contributed by atoms with Gasteiger partial charge in [-0.15, -0.1) is 0 Å².